The molecular formula is C11H15BrN2O3S. The van der Waals surface area contributed by atoms with Crippen LogP contribution in [0.4, 0.5) is 0 Å². The van der Waals surface area contributed by atoms with E-state index in [2.05, 4.69) is 26.1 Å². The summed E-state index contributed by atoms with van der Waals surface area (Å²) in [6.07, 6.45) is 2.89. The van der Waals surface area contributed by atoms with Crippen LogP contribution in [0.1, 0.15) is 25.0 Å². The number of sulfone groups is 1. The molecule has 1 atom stereocenters. The Labute approximate surface area is 115 Å². The molecule has 1 saturated heterocycles. The molecule has 5 nitrogen and oxygen atoms in total. The molecule has 2 rings (SSSR count). The largest absolute Gasteiger partial charge is 0.479 e. The average Bonchev–Trinajstić information content (AvgIpc) is 2.32. The summed E-state index contributed by atoms with van der Waals surface area (Å²) in [5.74, 6) is 0.702. The third kappa shape index (κ3) is 3.00. The van der Waals surface area contributed by atoms with E-state index in [0.717, 1.165) is 12.8 Å². The van der Waals surface area contributed by atoms with Gasteiger partial charge in [-0.1, -0.05) is 6.42 Å². The Morgan fingerprint density at radius 2 is 2.22 bits per heavy atom. The van der Waals surface area contributed by atoms with E-state index in [1.807, 2.05) is 0 Å². The first-order chi connectivity index (χ1) is 8.53. The van der Waals surface area contributed by atoms with Crippen LogP contribution >= 0.6 is 15.9 Å². The van der Waals surface area contributed by atoms with Crippen LogP contribution in [0, 0.1) is 0 Å². The van der Waals surface area contributed by atoms with E-state index >= 15 is 0 Å². The number of ether oxygens (including phenoxy) is 1. The number of nitrogens with zero attached hydrogens (tertiary/aromatic N) is 2. The normalized spacial score (nSPS) is 22.7. The number of hydrogen-bond acceptors (Lipinski definition) is 5. The van der Waals surface area contributed by atoms with Crippen molar-refractivity contribution in [1.82, 2.24) is 10.2 Å². The molecule has 18 heavy (non-hydrogen) atoms. The summed E-state index contributed by atoms with van der Waals surface area (Å²) in [4.78, 5) is 0. The predicted molar refractivity (Wildman–Crippen MR) is 71.4 cm³/mol. The molecule has 1 aliphatic heterocycles. The van der Waals surface area contributed by atoms with Crippen molar-refractivity contribution in [1.29, 1.82) is 0 Å². The van der Waals surface area contributed by atoms with Crippen molar-refractivity contribution < 1.29 is 13.2 Å². The summed E-state index contributed by atoms with van der Waals surface area (Å²) < 4.78 is 29.5. The van der Waals surface area contributed by atoms with E-state index in [1.165, 1.54) is 7.11 Å². The van der Waals surface area contributed by atoms with E-state index < -0.39 is 9.84 Å². The first-order valence-electron chi connectivity index (χ1n) is 5.80. The summed E-state index contributed by atoms with van der Waals surface area (Å²) in [7, 11) is -1.45. The first kappa shape index (κ1) is 13.7. The van der Waals surface area contributed by atoms with Crippen LogP contribution in [0.2, 0.25) is 0 Å². The Balaban J connectivity index is 2.16. The molecule has 0 spiro atoms. The van der Waals surface area contributed by atoms with Crippen LogP contribution in [0.15, 0.2) is 10.5 Å². The summed E-state index contributed by atoms with van der Waals surface area (Å²) in [6, 6.07) is 1.77. The summed E-state index contributed by atoms with van der Waals surface area (Å²) in [5, 5.41) is 7.58. The molecule has 1 aliphatic rings. The Kier molecular flexibility index (Phi) is 4.21. The predicted octanol–water partition coefficient (Wildman–Crippen LogP) is 1.76. The lowest BCUT2D eigenvalue weighted by Crippen LogP contribution is -2.30. The van der Waals surface area contributed by atoms with Crippen molar-refractivity contribution in [3.63, 3.8) is 0 Å². The van der Waals surface area contributed by atoms with E-state index in [-0.39, 0.29) is 5.25 Å². The number of hydrogen-bond donors (Lipinski definition) is 0. The Morgan fingerprint density at radius 1 is 1.44 bits per heavy atom. The molecule has 1 aromatic heterocycles. The molecule has 100 valence electrons. The number of rotatable bonds is 3. The molecule has 0 bridgehead atoms. The third-order valence-electron chi connectivity index (χ3n) is 3.11. The van der Waals surface area contributed by atoms with Gasteiger partial charge in [-0.15, -0.1) is 5.10 Å². The number of methoxy groups -OCH3 is 1. The monoisotopic (exact) mass is 334 g/mol. The zero-order chi connectivity index (χ0) is 13.2. The summed E-state index contributed by atoms with van der Waals surface area (Å²) >= 11 is 3.32. The molecule has 0 saturated carbocycles. The molecule has 7 heteroatoms. The maximum absolute atomic E-state index is 11.9. The number of halogens is 1. The molecule has 1 unspecified atom stereocenters. The standard InChI is InChI=1S/C11H15BrN2O3S/c1-17-11-10(12)7-8(13-14-11)6-9-4-2-3-5-18(9,15)16/h7,9H,2-6H2,1H3. The lowest BCUT2D eigenvalue weighted by atomic mass is 10.1. The SMILES string of the molecule is COc1nnc(CC2CCCCS2(=O)=O)cc1Br. The van der Waals surface area contributed by atoms with E-state index in [1.54, 1.807) is 6.07 Å². The molecule has 0 N–H and O–H groups in total. The highest BCUT2D eigenvalue weighted by molar-refractivity contribution is 9.10. The quantitative estimate of drug-likeness (QED) is 0.842. The second-order valence-electron chi connectivity index (χ2n) is 4.38. The van der Waals surface area contributed by atoms with Gasteiger partial charge in [0.15, 0.2) is 9.84 Å². The average molecular weight is 335 g/mol. The molecule has 0 radical (unpaired) electrons. The highest BCUT2D eigenvalue weighted by Gasteiger charge is 2.29. The number of aromatic nitrogens is 2. The highest BCUT2D eigenvalue weighted by Crippen LogP contribution is 2.25. The fourth-order valence-corrected chi connectivity index (χ4v) is 4.51. The van der Waals surface area contributed by atoms with Crippen LogP contribution in [0.25, 0.3) is 0 Å². The fourth-order valence-electron chi connectivity index (χ4n) is 2.12. The molecular weight excluding hydrogens is 320 g/mol. The molecule has 1 aromatic rings. The van der Waals surface area contributed by atoms with Gasteiger partial charge in [-0.05, 0) is 34.8 Å². The molecule has 0 aromatic carbocycles. The van der Waals surface area contributed by atoms with Crippen LogP contribution in [-0.2, 0) is 16.3 Å². The second kappa shape index (κ2) is 5.52. The summed E-state index contributed by atoms with van der Waals surface area (Å²) in [5.41, 5.74) is 0.679. The minimum Gasteiger partial charge on any atom is -0.479 e. The van der Waals surface area contributed by atoms with Gasteiger partial charge in [0, 0.05) is 6.42 Å². The first-order valence-corrected chi connectivity index (χ1v) is 8.31. The van der Waals surface area contributed by atoms with Crippen LogP contribution in [-0.4, -0.2) is 36.7 Å². The minimum absolute atomic E-state index is 0.294. The van der Waals surface area contributed by atoms with Crippen LogP contribution < -0.4 is 4.74 Å². The molecule has 2 heterocycles. The van der Waals surface area contributed by atoms with Crippen molar-refractivity contribution in [2.75, 3.05) is 12.9 Å². The second-order valence-corrected chi connectivity index (χ2v) is 7.64. The van der Waals surface area contributed by atoms with E-state index in [9.17, 15) is 8.42 Å². The van der Waals surface area contributed by atoms with Crippen LogP contribution in [0.3, 0.4) is 0 Å². The zero-order valence-corrected chi connectivity index (χ0v) is 12.5. The molecule has 1 fully saturated rings. The molecule has 0 amide bonds. The smallest absolute Gasteiger partial charge is 0.247 e. The lowest BCUT2D eigenvalue weighted by molar-refractivity contribution is 0.388. The van der Waals surface area contributed by atoms with Gasteiger partial charge in [-0.2, -0.15) is 5.10 Å². The van der Waals surface area contributed by atoms with Gasteiger partial charge in [-0.25, -0.2) is 8.42 Å². The van der Waals surface area contributed by atoms with Crippen molar-refractivity contribution in [3.05, 3.63) is 16.2 Å². The van der Waals surface area contributed by atoms with Crippen molar-refractivity contribution >= 4 is 25.8 Å². The van der Waals surface area contributed by atoms with Crippen molar-refractivity contribution in [2.45, 2.75) is 30.9 Å². The van der Waals surface area contributed by atoms with E-state index in [0.29, 0.717) is 34.6 Å². The maximum atomic E-state index is 11.9. The van der Waals surface area contributed by atoms with Gasteiger partial charge in [0.05, 0.1) is 28.3 Å². The topological polar surface area (TPSA) is 69.2 Å². The van der Waals surface area contributed by atoms with Crippen molar-refractivity contribution in [2.24, 2.45) is 0 Å². The van der Waals surface area contributed by atoms with Gasteiger partial charge in [0.25, 0.3) is 0 Å². The van der Waals surface area contributed by atoms with Gasteiger partial charge in [0.1, 0.15) is 0 Å². The Hall–Kier alpha value is -0.690. The van der Waals surface area contributed by atoms with Crippen LogP contribution in [0.5, 0.6) is 5.88 Å². The van der Waals surface area contributed by atoms with Gasteiger partial charge in [0.2, 0.25) is 5.88 Å². The van der Waals surface area contributed by atoms with Crippen molar-refractivity contribution in [3.8, 4) is 5.88 Å². The fraction of sp³-hybridized carbons (Fsp3) is 0.636. The lowest BCUT2D eigenvalue weighted by Gasteiger charge is -2.21. The van der Waals surface area contributed by atoms with Gasteiger partial charge >= 0.3 is 0 Å². The van der Waals surface area contributed by atoms with Gasteiger partial charge < -0.3 is 4.74 Å². The third-order valence-corrected chi connectivity index (χ3v) is 5.95. The molecule has 0 aliphatic carbocycles. The minimum atomic E-state index is -2.96. The van der Waals surface area contributed by atoms with Gasteiger partial charge in [-0.3, -0.25) is 0 Å². The van der Waals surface area contributed by atoms with E-state index in [4.69, 9.17) is 4.74 Å². The summed E-state index contributed by atoms with van der Waals surface area (Å²) in [6.45, 7) is 0. The zero-order valence-electron chi connectivity index (χ0n) is 10.1. The highest BCUT2D eigenvalue weighted by atomic mass is 79.9. The Morgan fingerprint density at radius 3 is 2.83 bits per heavy atom. The maximum Gasteiger partial charge on any atom is 0.247 e. The Bertz CT molecular complexity index is 533.